The van der Waals surface area contributed by atoms with Gasteiger partial charge in [-0.2, -0.15) is 0 Å². The number of hydrogen-bond acceptors (Lipinski definition) is 2. The van der Waals surface area contributed by atoms with Crippen molar-refractivity contribution < 1.29 is 9.53 Å². The number of esters is 1. The predicted molar refractivity (Wildman–Crippen MR) is 101 cm³/mol. The van der Waals surface area contributed by atoms with Crippen molar-refractivity contribution in [3.8, 4) is 0 Å². The Morgan fingerprint density at radius 3 is 2.12 bits per heavy atom. The van der Waals surface area contributed by atoms with Crippen LogP contribution < -0.4 is 0 Å². The first-order valence-electron chi connectivity index (χ1n) is 10.6. The minimum atomic E-state index is -0.163. The average Bonchev–Trinajstić information content (AvgIpc) is 2.64. The van der Waals surface area contributed by atoms with Crippen molar-refractivity contribution in [2.75, 3.05) is 6.61 Å². The SMILES string of the molecule is CCCC[C@H]1CC[C@H]([C@H]2CC[C@H](C=CC(=O)OCCC)CC2)CC1. The second kappa shape index (κ2) is 10.9. The zero-order valence-corrected chi connectivity index (χ0v) is 16.0. The van der Waals surface area contributed by atoms with Gasteiger partial charge in [-0.3, -0.25) is 0 Å². The van der Waals surface area contributed by atoms with Crippen LogP contribution in [0, 0.1) is 23.7 Å². The third kappa shape index (κ3) is 6.61. The van der Waals surface area contributed by atoms with E-state index in [0.29, 0.717) is 12.5 Å². The number of carbonyl (C=O) groups is 1. The topological polar surface area (TPSA) is 26.3 Å². The van der Waals surface area contributed by atoms with Crippen LogP contribution in [0.25, 0.3) is 0 Å². The summed E-state index contributed by atoms with van der Waals surface area (Å²) in [4.78, 5) is 11.6. The number of carbonyl (C=O) groups excluding carboxylic acids is 1. The van der Waals surface area contributed by atoms with Crippen molar-refractivity contribution in [3.63, 3.8) is 0 Å². The van der Waals surface area contributed by atoms with Gasteiger partial charge in [-0.1, -0.05) is 52.0 Å². The number of rotatable bonds is 8. The molecule has 0 amide bonds. The molecule has 0 spiro atoms. The van der Waals surface area contributed by atoms with E-state index in [2.05, 4.69) is 13.0 Å². The molecule has 0 atom stereocenters. The molecule has 2 fully saturated rings. The Morgan fingerprint density at radius 2 is 1.54 bits per heavy atom. The molecule has 0 N–H and O–H groups in total. The number of ether oxygens (including phenoxy) is 1. The second-order valence-corrected chi connectivity index (χ2v) is 8.12. The van der Waals surface area contributed by atoms with Crippen molar-refractivity contribution in [1.82, 2.24) is 0 Å². The maximum Gasteiger partial charge on any atom is 0.330 e. The monoisotopic (exact) mass is 334 g/mol. The minimum Gasteiger partial charge on any atom is -0.463 e. The molecule has 2 nitrogen and oxygen atoms in total. The molecule has 2 rings (SSSR count). The largest absolute Gasteiger partial charge is 0.463 e. The van der Waals surface area contributed by atoms with Gasteiger partial charge in [0.2, 0.25) is 0 Å². The molecule has 0 radical (unpaired) electrons. The van der Waals surface area contributed by atoms with E-state index >= 15 is 0 Å². The van der Waals surface area contributed by atoms with Crippen LogP contribution in [0.15, 0.2) is 12.2 Å². The first-order chi connectivity index (χ1) is 11.7. The lowest BCUT2D eigenvalue weighted by atomic mass is 9.68. The Balaban J connectivity index is 1.64. The van der Waals surface area contributed by atoms with Gasteiger partial charge >= 0.3 is 5.97 Å². The van der Waals surface area contributed by atoms with Crippen LogP contribution in [0.1, 0.15) is 90.9 Å². The molecule has 0 unspecified atom stereocenters. The van der Waals surface area contributed by atoms with Crippen LogP contribution in [0.2, 0.25) is 0 Å². The van der Waals surface area contributed by atoms with Crippen molar-refractivity contribution in [2.45, 2.75) is 90.9 Å². The fourth-order valence-corrected chi connectivity index (χ4v) is 4.72. The Bertz CT molecular complexity index is 371. The Labute approximate surface area is 149 Å². The Hall–Kier alpha value is -0.790. The first kappa shape index (κ1) is 19.5. The first-order valence-corrected chi connectivity index (χ1v) is 10.6. The number of unbranched alkanes of at least 4 members (excludes halogenated alkanes) is 1. The third-order valence-electron chi connectivity index (χ3n) is 6.29. The van der Waals surface area contributed by atoms with Crippen molar-refractivity contribution in [2.24, 2.45) is 23.7 Å². The number of allylic oxidation sites excluding steroid dienone is 1. The van der Waals surface area contributed by atoms with Crippen LogP contribution >= 0.6 is 0 Å². The summed E-state index contributed by atoms with van der Waals surface area (Å²) in [7, 11) is 0. The molecule has 0 aliphatic heterocycles. The van der Waals surface area contributed by atoms with Crippen LogP contribution in [-0.2, 0) is 9.53 Å². The lowest BCUT2D eigenvalue weighted by Gasteiger charge is -2.37. The van der Waals surface area contributed by atoms with E-state index < -0.39 is 0 Å². The summed E-state index contributed by atoms with van der Waals surface area (Å²) < 4.78 is 5.11. The van der Waals surface area contributed by atoms with Crippen LogP contribution in [0.3, 0.4) is 0 Å². The minimum absolute atomic E-state index is 0.163. The van der Waals surface area contributed by atoms with E-state index in [1.165, 1.54) is 70.6 Å². The van der Waals surface area contributed by atoms with Gasteiger partial charge in [-0.05, 0) is 68.6 Å². The van der Waals surface area contributed by atoms with Crippen LogP contribution in [-0.4, -0.2) is 12.6 Å². The van der Waals surface area contributed by atoms with E-state index in [1.807, 2.05) is 6.92 Å². The van der Waals surface area contributed by atoms with Crippen LogP contribution in [0.4, 0.5) is 0 Å². The lowest BCUT2D eigenvalue weighted by molar-refractivity contribution is -0.137. The fourth-order valence-electron chi connectivity index (χ4n) is 4.72. The average molecular weight is 335 g/mol. The van der Waals surface area contributed by atoms with E-state index in [0.717, 1.165) is 24.2 Å². The highest BCUT2D eigenvalue weighted by molar-refractivity contribution is 5.81. The van der Waals surface area contributed by atoms with E-state index in [9.17, 15) is 4.79 Å². The van der Waals surface area contributed by atoms with Gasteiger partial charge in [0.1, 0.15) is 0 Å². The third-order valence-corrected chi connectivity index (χ3v) is 6.29. The summed E-state index contributed by atoms with van der Waals surface area (Å²) in [5, 5.41) is 0. The van der Waals surface area contributed by atoms with E-state index in [-0.39, 0.29) is 5.97 Å². The van der Waals surface area contributed by atoms with Crippen LogP contribution in [0.5, 0.6) is 0 Å². The van der Waals surface area contributed by atoms with Gasteiger partial charge in [-0.15, -0.1) is 0 Å². The summed E-state index contributed by atoms with van der Waals surface area (Å²) in [5.74, 6) is 3.39. The quantitative estimate of drug-likeness (QED) is 0.384. The molecule has 0 heterocycles. The molecule has 0 aromatic carbocycles. The van der Waals surface area contributed by atoms with Gasteiger partial charge in [0.25, 0.3) is 0 Å². The van der Waals surface area contributed by atoms with E-state index in [1.54, 1.807) is 6.08 Å². The summed E-state index contributed by atoms with van der Waals surface area (Å²) in [6, 6.07) is 0. The summed E-state index contributed by atoms with van der Waals surface area (Å²) >= 11 is 0. The molecular formula is C22H38O2. The van der Waals surface area contributed by atoms with Gasteiger partial charge in [0, 0.05) is 6.08 Å². The fraction of sp³-hybridized carbons (Fsp3) is 0.864. The van der Waals surface area contributed by atoms with Gasteiger partial charge in [-0.25, -0.2) is 4.79 Å². The maximum atomic E-state index is 11.6. The van der Waals surface area contributed by atoms with Gasteiger partial charge in [0.15, 0.2) is 0 Å². The van der Waals surface area contributed by atoms with Crippen molar-refractivity contribution >= 4 is 5.97 Å². The van der Waals surface area contributed by atoms with Crippen molar-refractivity contribution in [3.05, 3.63) is 12.2 Å². The van der Waals surface area contributed by atoms with Gasteiger partial charge in [0.05, 0.1) is 6.61 Å². The zero-order chi connectivity index (χ0) is 17.2. The van der Waals surface area contributed by atoms with E-state index in [4.69, 9.17) is 4.74 Å². The highest BCUT2D eigenvalue weighted by Crippen LogP contribution is 2.42. The molecule has 2 aliphatic carbocycles. The molecule has 0 bridgehead atoms. The molecule has 24 heavy (non-hydrogen) atoms. The Kier molecular flexibility index (Phi) is 8.91. The Morgan fingerprint density at radius 1 is 0.917 bits per heavy atom. The molecule has 2 saturated carbocycles. The predicted octanol–water partition coefficient (Wildman–Crippen LogP) is 6.30. The van der Waals surface area contributed by atoms with Gasteiger partial charge < -0.3 is 4.74 Å². The molecule has 0 aromatic rings. The zero-order valence-electron chi connectivity index (χ0n) is 16.0. The molecule has 0 aromatic heterocycles. The smallest absolute Gasteiger partial charge is 0.330 e. The summed E-state index contributed by atoms with van der Waals surface area (Å²) in [6.45, 7) is 4.87. The highest BCUT2D eigenvalue weighted by Gasteiger charge is 2.30. The molecule has 138 valence electrons. The standard InChI is InChI=1S/C22H38O2/c1-3-5-6-18-7-12-20(13-8-18)21-14-9-19(10-15-21)11-16-22(23)24-17-4-2/h11,16,18-21H,3-10,12-15,17H2,1-2H3/t18-,19-,20-,21-. The summed E-state index contributed by atoms with van der Waals surface area (Å²) in [6.07, 6.45) is 20.1. The molecular weight excluding hydrogens is 296 g/mol. The summed E-state index contributed by atoms with van der Waals surface area (Å²) in [5.41, 5.74) is 0. The van der Waals surface area contributed by atoms with Crippen molar-refractivity contribution in [1.29, 1.82) is 0 Å². The second-order valence-electron chi connectivity index (χ2n) is 8.12. The lowest BCUT2D eigenvalue weighted by Crippen LogP contribution is -2.25. The molecule has 2 aliphatic rings. The maximum absolute atomic E-state index is 11.6. The molecule has 0 saturated heterocycles. The number of hydrogen-bond donors (Lipinski definition) is 0. The normalized spacial score (nSPS) is 31.2. The highest BCUT2D eigenvalue weighted by atomic mass is 16.5. The molecule has 2 heteroatoms.